The van der Waals surface area contributed by atoms with Crippen molar-refractivity contribution in [2.75, 3.05) is 12.3 Å². The van der Waals surface area contributed by atoms with Crippen LogP contribution in [0, 0.1) is 11.7 Å². The van der Waals surface area contributed by atoms with Crippen LogP contribution in [-0.4, -0.2) is 6.61 Å². The van der Waals surface area contributed by atoms with Crippen LogP contribution in [0.2, 0.25) is 0 Å². The van der Waals surface area contributed by atoms with Gasteiger partial charge in [-0.05, 0) is 30.9 Å². The van der Waals surface area contributed by atoms with Gasteiger partial charge in [-0.15, -0.1) is 0 Å². The van der Waals surface area contributed by atoms with Crippen molar-refractivity contribution in [3.8, 4) is 5.75 Å². The Morgan fingerprint density at radius 2 is 2.07 bits per heavy atom. The molecule has 2 rings (SSSR count). The van der Waals surface area contributed by atoms with Gasteiger partial charge in [0.1, 0.15) is 11.6 Å². The summed E-state index contributed by atoms with van der Waals surface area (Å²) >= 11 is 0. The predicted octanol–water partition coefficient (Wildman–Crippen LogP) is 2.98. The van der Waals surface area contributed by atoms with Crippen molar-refractivity contribution in [2.24, 2.45) is 5.92 Å². The third-order valence-corrected chi connectivity index (χ3v) is 2.92. The number of anilines is 1. The first-order valence-electron chi connectivity index (χ1n) is 5.43. The Bertz CT molecular complexity index is 334. The number of nitrogens with two attached hydrogens (primary N) is 1. The quantitative estimate of drug-likeness (QED) is 0.777. The molecule has 2 nitrogen and oxygen atoms in total. The van der Waals surface area contributed by atoms with Crippen LogP contribution in [0.5, 0.6) is 5.75 Å². The molecule has 15 heavy (non-hydrogen) atoms. The highest BCUT2D eigenvalue weighted by molar-refractivity contribution is 5.52. The molecule has 0 spiro atoms. The molecule has 0 bridgehead atoms. The molecule has 3 heteroatoms. The van der Waals surface area contributed by atoms with Gasteiger partial charge < -0.3 is 10.5 Å². The minimum Gasteiger partial charge on any atom is -0.491 e. The zero-order valence-corrected chi connectivity index (χ0v) is 8.71. The van der Waals surface area contributed by atoms with E-state index in [1.807, 2.05) is 0 Å². The fraction of sp³-hybridized carbons (Fsp3) is 0.500. The molecule has 1 saturated carbocycles. The minimum atomic E-state index is -0.300. The summed E-state index contributed by atoms with van der Waals surface area (Å²) in [6, 6.07) is 4.24. The fourth-order valence-corrected chi connectivity index (χ4v) is 2.02. The highest BCUT2D eigenvalue weighted by Gasteiger charge is 2.16. The van der Waals surface area contributed by atoms with Gasteiger partial charge >= 0.3 is 0 Å². The van der Waals surface area contributed by atoms with Crippen molar-refractivity contribution in [3.05, 3.63) is 24.0 Å². The van der Waals surface area contributed by atoms with Crippen LogP contribution in [0.4, 0.5) is 10.1 Å². The maximum Gasteiger partial charge on any atom is 0.145 e. The second-order valence-corrected chi connectivity index (χ2v) is 4.14. The molecule has 1 aliphatic carbocycles. The lowest BCUT2D eigenvalue weighted by Crippen LogP contribution is -2.09. The number of hydrogen-bond donors (Lipinski definition) is 1. The SMILES string of the molecule is Nc1ccc(F)cc1OCC1CCCC1. The van der Waals surface area contributed by atoms with Crippen molar-refractivity contribution in [3.63, 3.8) is 0 Å². The molecule has 0 aliphatic heterocycles. The molecule has 0 radical (unpaired) electrons. The molecule has 0 saturated heterocycles. The lowest BCUT2D eigenvalue weighted by Gasteiger charge is -2.12. The van der Waals surface area contributed by atoms with Gasteiger partial charge in [0.2, 0.25) is 0 Å². The van der Waals surface area contributed by atoms with Crippen LogP contribution in [0.25, 0.3) is 0 Å². The van der Waals surface area contributed by atoms with E-state index >= 15 is 0 Å². The summed E-state index contributed by atoms with van der Waals surface area (Å²) in [7, 11) is 0. The molecule has 0 unspecified atom stereocenters. The Hall–Kier alpha value is -1.25. The molecule has 0 aromatic heterocycles. The summed E-state index contributed by atoms with van der Waals surface area (Å²) in [6.07, 6.45) is 5.00. The van der Waals surface area contributed by atoms with Gasteiger partial charge in [0, 0.05) is 6.07 Å². The van der Waals surface area contributed by atoms with Crippen LogP contribution in [0.15, 0.2) is 18.2 Å². The van der Waals surface area contributed by atoms with E-state index in [4.69, 9.17) is 10.5 Å². The monoisotopic (exact) mass is 209 g/mol. The van der Waals surface area contributed by atoms with E-state index in [0.29, 0.717) is 24.0 Å². The zero-order valence-electron chi connectivity index (χ0n) is 8.71. The van der Waals surface area contributed by atoms with Crippen LogP contribution in [-0.2, 0) is 0 Å². The maximum atomic E-state index is 12.9. The largest absolute Gasteiger partial charge is 0.491 e. The Labute approximate surface area is 89.2 Å². The first kappa shape index (κ1) is 10.3. The van der Waals surface area contributed by atoms with Gasteiger partial charge in [-0.2, -0.15) is 0 Å². The second-order valence-electron chi connectivity index (χ2n) is 4.14. The Morgan fingerprint density at radius 1 is 1.33 bits per heavy atom. The number of rotatable bonds is 3. The smallest absolute Gasteiger partial charge is 0.145 e. The summed E-state index contributed by atoms with van der Waals surface area (Å²) in [5.41, 5.74) is 6.19. The molecule has 1 aromatic rings. The third kappa shape index (κ3) is 2.61. The van der Waals surface area contributed by atoms with Crippen molar-refractivity contribution in [1.82, 2.24) is 0 Å². The molecule has 0 atom stereocenters. The normalized spacial score (nSPS) is 16.9. The standard InChI is InChI=1S/C12H16FNO/c13-10-5-6-11(14)12(7-10)15-8-9-3-1-2-4-9/h5-7,9H,1-4,8,14H2. The Kier molecular flexibility index (Phi) is 3.09. The van der Waals surface area contributed by atoms with E-state index in [-0.39, 0.29) is 5.82 Å². The average molecular weight is 209 g/mol. The van der Waals surface area contributed by atoms with Gasteiger partial charge in [0.15, 0.2) is 0 Å². The van der Waals surface area contributed by atoms with Crippen LogP contribution in [0.3, 0.4) is 0 Å². The number of hydrogen-bond acceptors (Lipinski definition) is 2. The van der Waals surface area contributed by atoms with Gasteiger partial charge in [-0.25, -0.2) is 4.39 Å². The molecule has 1 fully saturated rings. The van der Waals surface area contributed by atoms with Crippen molar-refractivity contribution in [1.29, 1.82) is 0 Å². The molecule has 1 aromatic carbocycles. The number of ether oxygens (including phenoxy) is 1. The average Bonchev–Trinajstić information content (AvgIpc) is 2.72. The summed E-state index contributed by atoms with van der Waals surface area (Å²) in [5, 5.41) is 0. The summed E-state index contributed by atoms with van der Waals surface area (Å²) in [5.74, 6) is 0.792. The molecule has 2 N–H and O–H groups in total. The summed E-state index contributed by atoms with van der Waals surface area (Å²) in [4.78, 5) is 0. The highest BCUT2D eigenvalue weighted by atomic mass is 19.1. The third-order valence-electron chi connectivity index (χ3n) is 2.92. The molecule has 82 valence electrons. The van der Waals surface area contributed by atoms with E-state index < -0.39 is 0 Å². The number of benzene rings is 1. The molecular formula is C12H16FNO. The first-order chi connectivity index (χ1) is 7.25. The molecule has 0 heterocycles. The van der Waals surface area contributed by atoms with E-state index in [9.17, 15) is 4.39 Å². The lowest BCUT2D eigenvalue weighted by atomic mass is 10.1. The number of halogens is 1. The van der Waals surface area contributed by atoms with Crippen LogP contribution in [0.1, 0.15) is 25.7 Å². The van der Waals surface area contributed by atoms with Gasteiger partial charge in [0.25, 0.3) is 0 Å². The highest BCUT2D eigenvalue weighted by Crippen LogP contribution is 2.27. The maximum absolute atomic E-state index is 12.9. The van der Waals surface area contributed by atoms with Gasteiger partial charge in [-0.3, -0.25) is 0 Å². The van der Waals surface area contributed by atoms with Gasteiger partial charge in [-0.1, -0.05) is 12.8 Å². The van der Waals surface area contributed by atoms with Crippen molar-refractivity contribution in [2.45, 2.75) is 25.7 Å². The topological polar surface area (TPSA) is 35.2 Å². The second kappa shape index (κ2) is 4.51. The fourth-order valence-electron chi connectivity index (χ4n) is 2.02. The van der Waals surface area contributed by atoms with Gasteiger partial charge in [0.05, 0.1) is 12.3 Å². The van der Waals surface area contributed by atoms with E-state index in [2.05, 4.69) is 0 Å². The van der Waals surface area contributed by atoms with Crippen LogP contribution >= 0.6 is 0 Å². The van der Waals surface area contributed by atoms with Crippen LogP contribution < -0.4 is 10.5 Å². The summed E-state index contributed by atoms with van der Waals surface area (Å²) in [6.45, 7) is 0.660. The molecule has 1 aliphatic rings. The lowest BCUT2D eigenvalue weighted by molar-refractivity contribution is 0.252. The number of nitrogen functional groups attached to an aromatic ring is 1. The first-order valence-corrected chi connectivity index (χ1v) is 5.43. The van der Waals surface area contributed by atoms with E-state index in [1.54, 1.807) is 6.07 Å². The Balaban J connectivity index is 1.94. The summed E-state index contributed by atoms with van der Waals surface area (Å²) < 4.78 is 18.4. The minimum absolute atomic E-state index is 0.300. The van der Waals surface area contributed by atoms with E-state index in [0.717, 1.165) is 0 Å². The Morgan fingerprint density at radius 3 is 2.80 bits per heavy atom. The van der Waals surface area contributed by atoms with Crippen molar-refractivity contribution >= 4 is 5.69 Å². The zero-order chi connectivity index (χ0) is 10.7. The van der Waals surface area contributed by atoms with Crippen molar-refractivity contribution < 1.29 is 9.13 Å². The predicted molar refractivity (Wildman–Crippen MR) is 58.3 cm³/mol. The molecular weight excluding hydrogens is 193 g/mol. The van der Waals surface area contributed by atoms with E-state index in [1.165, 1.54) is 37.8 Å². The molecule has 0 amide bonds.